The van der Waals surface area contributed by atoms with Crippen molar-refractivity contribution in [1.82, 2.24) is 4.90 Å². The first-order chi connectivity index (χ1) is 12.7. The summed E-state index contributed by atoms with van der Waals surface area (Å²) >= 11 is 1.13. The van der Waals surface area contributed by atoms with Gasteiger partial charge in [0.1, 0.15) is 17.4 Å². The Morgan fingerprint density at radius 2 is 2.00 bits per heavy atom. The molecule has 1 saturated heterocycles. The summed E-state index contributed by atoms with van der Waals surface area (Å²) in [5.74, 6) is -3.51. The molecule has 0 radical (unpaired) electrons. The standard InChI is InChI=1S/C18H19N3O5S/c1-2-3-10-8-27-18(20)12(16(24)21(18)14(10)17(25)26)15(23)13(19)9-4-6-11(22)7-5-9/h2-7,12-13,22H,8,19-20H2,1H3,(H,25,26). The van der Waals surface area contributed by atoms with Gasteiger partial charge in [-0.25, -0.2) is 4.79 Å². The van der Waals surface area contributed by atoms with Crippen LogP contribution in [0.5, 0.6) is 5.75 Å². The van der Waals surface area contributed by atoms with Gasteiger partial charge in [-0.2, -0.15) is 0 Å². The zero-order valence-electron chi connectivity index (χ0n) is 14.5. The summed E-state index contributed by atoms with van der Waals surface area (Å²) in [6, 6.07) is 4.64. The number of fused-ring (bicyclic) bond motifs is 1. The van der Waals surface area contributed by atoms with Crippen molar-refractivity contribution in [2.24, 2.45) is 17.4 Å². The molecule has 8 nitrogen and oxygen atoms in total. The van der Waals surface area contributed by atoms with E-state index >= 15 is 0 Å². The van der Waals surface area contributed by atoms with Crippen LogP contribution < -0.4 is 11.5 Å². The van der Waals surface area contributed by atoms with Gasteiger partial charge in [0.05, 0.1) is 6.04 Å². The number of hydrogen-bond donors (Lipinski definition) is 4. The second-order valence-electron chi connectivity index (χ2n) is 6.30. The monoisotopic (exact) mass is 389 g/mol. The third-order valence-corrected chi connectivity index (χ3v) is 5.97. The fraction of sp³-hybridized carbons (Fsp3) is 0.278. The van der Waals surface area contributed by atoms with Crippen molar-refractivity contribution in [3.05, 3.63) is 53.3 Å². The number of aromatic hydroxyl groups is 1. The first kappa shape index (κ1) is 19.2. The number of phenolic OH excluding ortho intramolecular Hbond substituents is 1. The van der Waals surface area contributed by atoms with E-state index in [1.54, 1.807) is 19.1 Å². The molecule has 0 saturated carbocycles. The molecule has 1 fully saturated rings. The van der Waals surface area contributed by atoms with Crippen LogP contribution in [0.4, 0.5) is 0 Å². The number of hydrogen-bond acceptors (Lipinski definition) is 7. The Kier molecular flexibility index (Phi) is 4.85. The largest absolute Gasteiger partial charge is 0.508 e. The SMILES string of the molecule is CC=CC1=C(C(=O)O)N2C(=O)C(C(=O)C(N)c3ccc(O)cc3)C2(N)SC1. The van der Waals surface area contributed by atoms with Crippen molar-refractivity contribution in [2.75, 3.05) is 5.75 Å². The summed E-state index contributed by atoms with van der Waals surface area (Å²) < 4.78 is 0. The lowest BCUT2D eigenvalue weighted by molar-refractivity contribution is -0.165. The molecule has 2 aliphatic heterocycles. The maximum absolute atomic E-state index is 12.9. The number of thioether (sulfide) groups is 1. The normalized spacial score (nSPS) is 26.0. The van der Waals surface area contributed by atoms with Crippen molar-refractivity contribution < 1.29 is 24.6 Å². The molecule has 0 aromatic heterocycles. The number of Topliss-reactive ketones (excluding diaryl/α,β-unsaturated/α-hetero) is 1. The van der Waals surface area contributed by atoms with E-state index in [2.05, 4.69) is 0 Å². The molecule has 6 N–H and O–H groups in total. The highest BCUT2D eigenvalue weighted by Gasteiger charge is 2.66. The summed E-state index contributed by atoms with van der Waals surface area (Å²) in [6.45, 7) is 1.74. The Hall–Kier alpha value is -2.62. The number of phenols is 1. The molecule has 2 aliphatic rings. The molecule has 27 heavy (non-hydrogen) atoms. The smallest absolute Gasteiger partial charge is 0.353 e. The van der Waals surface area contributed by atoms with Crippen LogP contribution in [0, 0.1) is 5.92 Å². The van der Waals surface area contributed by atoms with Gasteiger partial charge in [-0.3, -0.25) is 20.2 Å². The number of aliphatic carboxylic acids is 1. The van der Waals surface area contributed by atoms with Crippen LogP contribution >= 0.6 is 11.8 Å². The molecule has 3 unspecified atom stereocenters. The summed E-state index contributed by atoms with van der Waals surface area (Å²) in [5, 5.41) is 18.9. The molecule has 3 rings (SSSR count). The van der Waals surface area contributed by atoms with E-state index in [4.69, 9.17) is 11.5 Å². The first-order valence-electron chi connectivity index (χ1n) is 8.16. The van der Waals surface area contributed by atoms with Crippen molar-refractivity contribution >= 4 is 29.4 Å². The van der Waals surface area contributed by atoms with Gasteiger partial charge < -0.3 is 15.9 Å². The molecule has 1 amide bonds. The number of carboxylic acids is 1. The number of carbonyl (C=O) groups is 3. The van der Waals surface area contributed by atoms with E-state index in [9.17, 15) is 24.6 Å². The third kappa shape index (κ3) is 2.93. The van der Waals surface area contributed by atoms with Crippen molar-refractivity contribution in [2.45, 2.75) is 18.0 Å². The minimum absolute atomic E-state index is 0.0233. The molecule has 1 aromatic rings. The second-order valence-corrected chi connectivity index (χ2v) is 7.53. The average molecular weight is 389 g/mol. The lowest BCUT2D eigenvalue weighted by Crippen LogP contribution is -2.77. The van der Waals surface area contributed by atoms with Crippen LogP contribution in [-0.2, 0) is 14.4 Å². The number of rotatable bonds is 5. The first-order valence-corrected chi connectivity index (χ1v) is 9.15. The summed E-state index contributed by atoms with van der Waals surface area (Å²) in [6.07, 6.45) is 3.29. The van der Waals surface area contributed by atoms with Gasteiger partial charge in [-0.15, -0.1) is 11.8 Å². The molecule has 9 heteroatoms. The van der Waals surface area contributed by atoms with Crippen molar-refractivity contribution in [3.63, 3.8) is 0 Å². The molecular weight excluding hydrogens is 370 g/mol. The summed E-state index contributed by atoms with van der Waals surface area (Å²) in [7, 11) is 0. The fourth-order valence-electron chi connectivity index (χ4n) is 3.29. The van der Waals surface area contributed by atoms with Gasteiger partial charge in [0.2, 0.25) is 5.91 Å². The Labute approximate surface area is 159 Å². The highest BCUT2D eigenvalue weighted by molar-refractivity contribution is 8.01. The predicted octanol–water partition coefficient (Wildman–Crippen LogP) is 0.694. The number of ketones is 1. The van der Waals surface area contributed by atoms with E-state index in [0.717, 1.165) is 16.7 Å². The number of β-lactam (4-membered cyclic amide) rings is 1. The van der Waals surface area contributed by atoms with Gasteiger partial charge in [0.15, 0.2) is 10.8 Å². The van der Waals surface area contributed by atoms with E-state index in [0.29, 0.717) is 11.1 Å². The Morgan fingerprint density at radius 1 is 1.37 bits per heavy atom. The van der Waals surface area contributed by atoms with Crippen LogP contribution in [0.25, 0.3) is 0 Å². The number of amides is 1. The quantitative estimate of drug-likeness (QED) is 0.425. The maximum Gasteiger partial charge on any atom is 0.353 e. The predicted molar refractivity (Wildman–Crippen MR) is 99.2 cm³/mol. The second kappa shape index (κ2) is 6.84. The van der Waals surface area contributed by atoms with E-state index in [1.807, 2.05) is 0 Å². The topological polar surface area (TPSA) is 147 Å². The van der Waals surface area contributed by atoms with Gasteiger partial charge >= 0.3 is 5.97 Å². The minimum Gasteiger partial charge on any atom is -0.508 e. The highest BCUT2D eigenvalue weighted by Crippen LogP contribution is 2.51. The van der Waals surface area contributed by atoms with Gasteiger partial charge in [0.25, 0.3) is 0 Å². The average Bonchev–Trinajstić information content (AvgIpc) is 2.62. The zero-order chi connectivity index (χ0) is 19.9. The third-order valence-electron chi connectivity index (χ3n) is 4.63. The molecule has 1 aromatic carbocycles. The van der Waals surface area contributed by atoms with Crippen molar-refractivity contribution in [3.8, 4) is 5.75 Å². The van der Waals surface area contributed by atoms with Crippen LogP contribution in [0.3, 0.4) is 0 Å². The van der Waals surface area contributed by atoms with Crippen LogP contribution in [0.1, 0.15) is 18.5 Å². The Bertz CT molecular complexity index is 879. The molecule has 0 spiro atoms. The van der Waals surface area contributed by atoms with Gasteiger partial charge in [0, 0.05) is 5.75 Å². The lowest BCUT2D eigenvalue weighted by atomic mass is 9.82. The number of carbonyl (C=O) groups excluding carboxylic acids is 2. The van der Waals surface area contributed by atoms with Gasteiger partial charge in [-0.05, 0) is 30.2 Å². The minimum atomic E-state index is -1.48. The van der Waals surface area contributed by atoms with Gasteiger partial charge in [-0.1, -0.05) is 24.3 Å². The maximum atomic E-state index is 12.9. The fourth-order valence-corrected chi connectivity index (χ4v) is 4.61. The number of carboxylic acid groups (broad SMARTS) is 1. The van der Waals surface area contributed by atoms with E-state index < -0.39 is 34.6 Å². The Morgan fingerprint density at radius 3 is 2.56 bits per heavy atom. The van der Waals surface area contributed by atoms with Crippen LogP contribution in [-0.4, -0.2) is 43.5 Å². The van der Waals surface area contributed by atoms with E-state index in [-0.39, 0.29) is 17.2 Å². The number of nitrogens with zero attached hydrogens (tertiary/aromatic N) is 1. The van der Waals surface area contributed by atoms with Crippen LogP contribution in [0.2, 0.25) is 0 Å². The van der Waals surface area contributed by atoms with Crippen molar-refractivity contribution in [1.29, 1.82) is 0 Å². The Balaban J connectivity index is 1.93. The molecule has 0 bridgehead atoms. The summed E-state index contributed by atoms with van der Waals surface area (Å²) in [4.78, 5) is 36.7. The summed E-state index contributed by atoms with van der Waals surface area (Å²) in [5.41, 5.74) is 13.0. The number of benzene rings is 1. The molecule has 3 atom stereocenters. The van der Waals surface area contributed by atoms with E-state index in [1.165, 1.54) is 24.3 Å². The molecule has 2 heterocycles. The zero-order valence-corrected chi connectivity index (χ0v) is 15.3. The lowest BCUT2D eigenvalue weighted by Gasteiger charge is -2.56. The molecule has 0 aliphatic carbocycles. The molecular formula is C18H19N3O5S. The highest BCUT2D eigenvalue weighted by atomic mass is 32.2. The number of nitrogens with two attached hydrogens (primary N) is 2. The molecule has 142 valence electrons. The van der Waals surface area contributed by atoms with Crippen LogP contribution in [0.15, 0.2) is 47.7 Å². The number of allylic oxidation sites excluding steroid dienone is 2.